The first-order chi connectivity index (χ1) is 7.16. The fourth-order valence-corrected chi connectivity index (χ4v) is 0.898. The lowest BCUT2D eigenvalue weighted by molar-refractivity contribution is 0.141. The van der Waals surface area contributed by atoms with Crippen LogP contribution >= 0.6 is 0 Å². The number of rotatable bonds is 7. The molecule has 0 atom stereocenters. The van der Waals surface area contributed by atoms with Crippen molar-refractivity contribution in [3.63, 3.8) is 0 Å². The minimum Gasteiger partial charge on any atom is -0.450 e. The SMILES string of the molecule is CCN=CCCNC(=O)OCCC(C)C. The third-order valence-electron chi connectivity index (χ3n) is 1.78. The highest BCUT2D eigenvalue weighted by Gasteiger charge is 2.00. The van der Waals surface area contributed by atoms with E-state index in [9.17, 15) is 4.79 Å². The summed E-state index contributed by atoms with van der Waals surface area (Å²) in [5.74, 6) is 0.564. The molecule has 0 radical (unpaired) electrons. The topological polar surface area (TPSA) is 50.7 Å². The monoisotopic (exact) mass is 214 g/mol. The number of nitrogens with zero attached hydrogens (tertiary/aromatic N) is 1. The maximum Gasteiger partial charge on any atom is 0.407 e. The summed E-state index contributed by atoms with van der Waals surface area (Å²) in [4.78, 5) is 15.1. The van der Waals surface area contributed by atoms with E-state index in [1.807, 2.05) is 13.1 Å². The standard InChI is InChI=1S/C11H22N2O2/c1-4-12-7-5-8-13-11(14)15-9-6-10(2)3/h7,10H,4-6,8-9H2,1-3H3,(H,13,14). The van der Waals surface area contributed by atoms with Gasteiger partial charge in [0.25, 0.3) is 0 Å². The van der Waals surface area contributed by atoms with Gasteiger partial charge in [-0.25, -0.2) is 4.79 Å². The van der Waals surface area contributed by atoms with Crippen molar-refractivity contribution < 1.29 is 9.53 Å². The van der Waals surface area contributed by atoms with Gasteiger partial charge < -0.3 is 10.1 Å². The van der Waals surface area contributed by atoms with Gasteiger partial charge in [0.2, 0.25) is 0 Å². The van der Waals surface area contributed by atoms with Crippen molar-refractivity contribution in [1.29, 1.82) is 0 Å². The van der Waals surface area contributed by atoms with Crippen molar-refractivity contribution in [2.45, 2.75) is 33.6 Å². The molecule has 0 unspecified atom stereocenters. The second-order valence-electron chi connectivity index (χ2n) is 3.72. The van der Waals surface area contributed by atoms with Gasteiger partial charge in [-0.1, -0.05) is 13.8 Å². The van der Waals surface area contributed by atoms with Crippen LogP contribution in [-0.4, -0.2) is 32.0 Å². The molecule has 0 aliphatic carbocycles. The van der Waals surface area contributed by atoms with Crippen LogP contribution in [0, 0.1) is 5.92 Å². The van der Waals surface area contributed by atoms with Gasteiger partial charge in [-0.2, -0.15) is 0 Å². The Hall–Kier alpha value is -1.06. The predicted octanol–water partition coefficient (Wildman–Crippen LogP) is 2.24. The molecule has 0 aromatic carbocycles. The molecule has 4 nitrogen and oxygen atoms in total. The van der Waals surface area contributed by atoms with Crippen LogP contribution in [0.3, 0.4) is 0 Å². The lowest BCUT2D eigenvalue weighted by Crippen LogP contribution is -2.26. The molecule has 0 rings (SSSR count). The van der Waals surface area contributed by atoms with Gasteiger partial charge in [-0.05, 0) is 25.7 Å². The number of hydrogen-bond donors (Lipinski definition) is 1. The smallest absolute Gasteiger partial charge is 0.407 e. The summed E-state index contributed by atoms with van der Waals surface area (Å²) in [5.41, 5.74) is 0. The van der Waals surface area contributed by atoms with Crippen LogP contribution in [0.1, 0.15) is 33.6 Å². The normalized spacial score (nSPS) is 10.9. The quantitative estimate of drug-likeness (QED) is 0.522. The van der Waals surface area contributed by atoms with Gasteiger partial charge in [0.15, 0.2) is 0 Å². The van der Waals surface area contributed by atoms with Gasteiger partial charge in [-0.15, -0.1) is 0 Å². The first-order valence-electron chi connectivity index (χ1n) is 5.55. The predicted molar refractivity (Wildman–Crippen MR) is 62.5 cm³/mol. The van der Waals surface area contributed by atoms with Crippen molar-refractivity contribution in [3.8, 4) is 0 Å². The number of carbonyl (C=O) groups excluding carboxylic acids is 1. The number of hydrogen-bond acceptors (Lipinski definition) is 3. The highest BCUT2D eigenvalue weighted by Crippen LogP contribution is 1.98. The summed E-state index contributed by atoms with van der Waals surface area (Å²) in [6.45, 7) is 8.05. The first kappa shape index (κ1) is 13.9. The molecule has 15 heavy (non-hydrogen) atoms. The number of alkyl carbamates (subject to hydrolysis) is 1. The molecule has 0 aliphatic rings. The highest BCUT2D eigenvalue weighted by atomic mass is 16.5. The molecule has 0 spiro atoms. The maximum absolute atomic E-state index is 11.1. The zero-order valence-corrected chi connectivity index (χ0v) is 9.95. The van der Waals surface area contributed by atoms with Crippen LogP contribution in [0.15, 0.2) is 4.99 Å². The molecule has 0 aliphatic heterocycles. The van der Waals surface area contributed by atoms with E-state index in [2.05, 4.69) is 24.2 Å². The van der Waals surface area contributed by atoms with Crippen LogP contribution < -0.4 is 5.32 Å². The fourth-order valence-electron chi connectivity index (χ4n) is 0.898. The van der Waals surface area contributed by atoms with Crippen molar-refractivity contribution in [2.24, 2.45) is 10.9 Å². The van der Waals surface area contributed by atoms with Gasteiger partial charge in [0.05, 0.1) is 6.61 Å². The van der Waals surface area contributed by atoms with Crippen LogP contribution in [0.2, 0.25) is 0 Å². The second-order valence-corrected chi connectivity index (χ2v) is 3.72. The highest BCUT2D eigenvalue weighted by molar-refractivity contribution is 5.68. The maximum atomic E-state index is 11.1. The van der Waals surface area contributed by atoms with Crippen LogP contribution in [0.4, 0.5) is 4.79 Å². The lowest BCUT2D eigenvalue weighted by Gasteiger charge is -2.07. The number of amides is 1. The minimum atomic E-state index is -0.333. The Kier molecular flexibility index (Phi) is 8.82. The van der Waals surface area contributed by atoms with Gasteiger partial charge >= 0.3 is 6.09 Å². The number of nitrogens with one attached hydrogen (secondary N) is 1. The van der Waals surface area contributed by atoms with Crippen LogP contribution in [0.5, 0.6) is 0 Å². The van der Waals surface area contributed by atoms with Crippen molar-refractivity contribution >= 4 is 12.3 Å². The van der Waals surface area contributed by atoms with Gasteiger partial charge in [0.1, 0.15) is 0 Å². The molecule has 1 N–H and O–H groups in total. The Balaban J connectivity index is 3.30. The van der Waals surface area contributed by atoms with Crippen molar-refractivity contribution in [1.82, 2.24) is 5.32 Å². The second kappa shape index (κ2) is 9.49. The van der Waals surface area contributed by atoms with E-state index in [4.69, 9.17) is 4.74 Å². The van der Waals surface area contributed by atoms with Crippen molar-refractivity contribution in [2.75, 3.05) is 19.7 Å². The molecule has 0 heterocycles. The van der Waals surface area contributed by atoms with E-state index < -0.39 is 0 Å². The summed E-state index contributed by atoms with van der Waals surface area (Å²) in [7, 11) is 0. The van der Waals surface area contributed by atoms with E-state index in [1.165, 1.54) is 0 Å². The fraction of sp³-hybridized carbons (Fsp3) is 0.818. The summed E-state index contributed by atoms with van der Waals surface area (Å²) < 4.78 is 4.96. The minimum absolute atomic E-state index is 0.333. The molecule has 4 heteroatoms. The summed E-state index contributed by atoms with van der Waals surface area (Å²) >= 11 is 0. The lowest BCUT2D eigenvalue weighted by atomic mass is 10.1. The Morgan fingerprint density at radius 1 is 1.53 bits per heavy atom. The molecule has 0 bridgehead atoms. The molecular weight excluding hydrogens is 192 g/mol. The Morgan fingerprint density at radius 3 is 2.87 bits per heavy atom. The third kappa shape index (κ3) is 10.9. The van der Waals surface area contributed by atoms with Gasteiger partial charge in [-0.3, -0.25) is 4.99 Å². The largest absolute Gasteiger partial charge is 0.450 e. The molecule has 1 amide bonds. The zero-order chi connectivity index (χ0) is 11.5. The van der Waals surface area contributed by atoms with Crippen LogP contribution in [-0.2, 0) is 4.74 Å². The molecule has 0 aromatic rings. The summed E-state index contributed by atoms with van der Waals surface area (Å²) in [5, 5.41) is 2.66. The molecule has 0 aromatic heterocycles. The van der Waals surface area contributed by atoms with E-state index in [1.54, 1.807) is 0 Å². The van der Waals surface area contributed by atoms with E-state index in [0.29, 0.717) is 19.1 Å². The van der Waals surface area contributed by atoms with E-state index >= 15 is 0 Å². The average molecular weight is 214 g/mol. The summed E-state index contributed by atoms with van der Waals surface area (Å²) in [6, 6.07) is 0. The Bertz CT molecular complexity index is 191. The Labute approximate surface area is 92.1 Å². The third-order valence-corrected chi connectivity index (χ3v) is 1.78. The molecule has 88 valence electrons. The number of carbonyl (C=O) groups is 1. The van der Waals surface area contributed by atoms with Crippen LogP contribution in [0.25, 0.3) is 0 Å². The molecule has 0 fully saturated rings. The number of aliphatic imine (C=N–C) groups is 1. The van der Waals surface area contributed by atoms with Gasteiger partial charge in [0, 0.05) is 19.3 Å². The molecular formula is C11H22N2O2. The van der Waals surface area contributed by atoms with Crippen molar-refractivity contribution in [3.05, 3.63) is 0 Å². The van der Waals surface area contributed by atoms with E-state index in [0.717, 1.165) is 19.4 Å². The summed E-state index contributed by atoms with van der Waals surface area (Å²) in [6.07, 6.45) is 3.15. The first-order valence-corrected chi connectivity index (χ1v) is 5.55. The average Bonchev–Trinajstić information content (AvgIpc) is 2.17. The molecule has 0 saturated carbocycles. The zero-order valence-electron chi connectivity index (χ0n) is 9.95. The van der Waals surface area contributed by atoms with E-state index in [-0.39, 0.29) is 6.09 Å². The number of ether oxygens (including phenoxy) is 1. The Morgan fingerprint density at radius 2 is 2.27 bits per heavy atom. The molecule has 0 saturated heterocycles.